The average Bonchev–Trinajstić information content (AvgIpc) is 3.26. The van der Waals surface area contributed by atoms with Crippen LogP contribution in [-0.2, 0) is 47.6 Å². The van der Waals surface area contributed by atoms with Gasteiger partial charge in [-0.2, -0.15) is 0 Å². The summed E-state index contributed by atoms with van der Waals surface area (Å²) in [5.41, 5.74) is -8.55. The Morgan fingerprint density at radius 2 is 1.39 bits per heavy atom. The first kappa shape index (κ1) is 48.0. The first-order valence-electron chi connectivity index (χ1n) is 22.0. The Labute approximate surface area is 382 Å². The minimum absolute atomic E-state index is 0.0561. The van der Waals surface area contributed by atoms with Gasteiger partial charge in [0.25, 0.3) is 0 Å². The van der Waals surface area contributed by atoms with Crippen molar-refractivity contribution in [3.05, 3.63) is 108 Å². The smallest absolute Gasteiger partial charge is 0.408 e. The van der Waals surface area contributed by atoms with Gasteiger partial charge in [0.2, 0.25) is 17.7 Å². The van der Waals surface area contributed by atoms with Gasteiger partial charge in [0, 0.05) is 37.0 Å². The van der Waals surface area contributed by atoms with Gasteiger partial charge >= 0.3 is 30.0 Å². The predicted molar refractivity (Wildman–Crippen MR) is 232 cm³/mol. The molecule has 3 aliphatic carbocycles. The van der Waals surface area contributed by atoms with Gasteiger partial charge in [0.1, 0.15) is 35.6 Å². The Morgan fingerprint density at radius 3 is 1.92 bits per heavy atom. The summed E-state index contributed by atoms with van der Waals surface area (Å²) in [6.45, 7) is 11.7. The second-order valence-corrected chi connectivity index (χ2v) is 19.6. The van der Waals surface area contributed by atoms with Crippen LogP contribution in [0.4, 0.5) is 4.79 Å². The zero-order valence-corrected chi connectivity index (χ0v) is 38.2. The molecular weight excluding hydrogens is 855 g/mol. The van der Waals surface area contributed by atoms with Crippen LogP contribution < -0.4 is 5.32 Å². The number of rotatable bonds is 10. The van der Waals surface area contributed by atoms with E-state index in [-0.39, 0.29) is 24.2 Å². The van der Waals surface area contributed by atoms with Crippen molar-refractivity contribution in [2.75, 3.05) is 6.61 Å². The van der Waals surface area contributed by atoms with E-state index in [1.54, 1.807) is 94.4 Å². The molecule has 12 atom stereocenters. The van der Waals surface area contributed by atoms with Crippen molar-refractivity contribution in [3.8, 4) is 0 Å². The van der Waals surface area contributed by atoms with Gasteiger partial charge in [-0.25, -0.2) is 19.2 Å². The fourth-order valence-electron chi connectivity index (χ4n) is 10.7. The fraction of sp³-hybridized carbons (Fsp3) is 0.500. The minimum Gasteiger partial charge on any atom is -0.459 e. The zero-order valence-electron chi connectivity index (χ0n) is 38.2. The number of benzene rings is 3. The lowest BCUT2D eigenvalue weighted by atomic mass is 9.42. The molecule has 0 aromatic heterocycles. The van der Waals surface area contributed by atoms with Crippen LogP contribution in [0.3, 0.4) is 0 Å². The van der Waals surface area contributed by atoms with Crippen LogP contribution in [0.15, 0.2) is 91.0 Å². The molecule has 16 heteroatoms. The van der Waals surface area contributed by atoms with Crippen LogP contribution in [0.2, 0.25) is 0 Å². The molecule has 3 aromatic rings. The van der Waals surface area contributed by atoms with Crippen molar-refractivity contribution in [1.82, 2.24) is 5.32 Å². The average molecular weight is 912 g/mol. The van der Waals surface area contributed by atoms with Crippen molar-refractivity contribution in [2.45, 2.75) is 122 Å². The normalized spacial score (nSPS) is 31.9. The molecule has 352 valence electrons. The molecular formula is C50H57NO15. The molecule has 16 nitrogen and oxygen atoms in total. The van der Waals surface area contributed by atoms with E-state index in [4.69, 9.17) is 28.4 Å². The van der Waals surface area contributed by atoms with Crippen molar-refractivity contribution in [3.63, 3.8) is 0 Å². The summed E-state index contributed by atoms with van der Waals surface area (Å²) in [5.74, 6) is -10.1. The number of hydrogen-bond donors (Lipinski definition) is 3. The van der Waals surface area contributed by atoms with Crippen LogP contribution in [-0.4, -0.2) is 106 Å². The Balaban J connectivity index is 1.37. The summed E-state index contributed by atoms with van der Waals surface area (Å²) in [4.78, 5) is 99.8. The number of alkyl carbamates (subject to hydrolysis) is 1. The molecule has 3 aromatic carbocycles. The third-order valence-corrected chi connectivity index (χ3v) is 14.1. The Bertz CT molecular complexity index is 2370. The van der Waals surface area contributed by atoms with Crippen molar-refractivity contribution < 1.29 is 72.2 Å². The zero-order chi connectivity index (χ0) is 48.1. The summed E-state index contributed by atoms with van der Waals surface area (Å²) >= 11 is 0. The molecule has 3 unspecified atom stereocenters. The van der Waals surface area contributed by atoms with Crippen molar-refractivity contribution in [1.29, 1.82) is 0 Å². The van der Waals surface area contributed by atoms with Crippen LogP contribution in [0.25, 0.3) is 0 Å². The second kappa shape index (κ2) is 17.7. The number of esters is 4. The van der Waals surface area contributed by atoms with E-state index in [9.17, 15) is 29.4 Å². The standard InChI is InChI=1S/C50H57NO15/c1-27-32(62-44(58)38(63-42(56)30-20-14-10-15-21-30)36(29-18-12-9-13-19-29)51-45(59)66-46(3,4)5)25-50(60)41(64-43(57)31-22-16-11-17-23-31)39-48(8,40(55)37(54)35(27)47(50,6)7)33(53)24-34-49(39,26-61-34)65-28(2)52/h9-23,27,32-36,38-39,41,53,60H,24-26H2,1-8H3,(H,51,59)/t27?,32-,33-,34+,35?,36-,38+,39?,41-,48+,49-,50+/m0/s1. The summed E-state index contributed by atoms with van der Waals surface area (Å²) in [6.07, 6.45) is -9.66. The number of ether oxygens (including phenoxy) is 6. The van der Waals surface area contributed by atoms with E-state index in [1.165, 1.54) is 45.0 Å². The van der Waals surface area contributed by atoms with E-state index >= 15 is 14.4 Å². The highest BCUT2D eigenvalue weighted by Gasteiger charge is 2.79. The van der Waals surface area contributed by atoms with Gasteiger partial charge < -0.3 is 44.0 Å². The second-order valence-electron chi connectivity index (χ2n) is 19.6. The van der Waals surface area contributed by atoms with Gasteiger partial charge in [0.05, 0.1) is 35.2 Å². The number of fused-ring (bicyclic) bond motifs is 5. The topological polar surface area (TPSA) is 227 Å². The summed E-state index contributed by atoms with van der Waals surface area (Å²) in [5, 5.41) is 28.3. The minimum atomic E-state index is -2.42. The number of aliphatic hydroxyl groups excluding tert-OH is 1. The first-order valence-corrected chi connectivity index (χ1v) is 22.0. The molecule has 1 aliphatic heterocycles. The Kier molecular flexibility index (Phi) is 12.9. The summed E-state index contributed by atoms with van der Waals surface area (Å²) < 4.78 is 36.1. The largest absolute Gasteiger partial charge is 0.459 e. The van der Waals surface area contributed by atoms with E-state index in [1.807, 2.05) is 0 Å². The molecule has 3 saturated carbocycles. The molecule has 3 N–H and O–H groups in total. The number of Topliss-reactive ketones (excluding diaryl/α,β-unsaturated/α-hetero) is 2. The lowest BCUT2D eigenvalue weighted by Gasteiger charge is -2.67. The van der Waals surface area contributed by atoms with Gasteiger partial charge in [-0.15, -0.1) is 0 Å². The molecule has 1 heterocycles. The first-order chi connectivity index (χ1) is 31.0. The summed E-state index contributed by atoms with van der Waals surface area (Å²) in [6, 6.07) is 22.3. The van der Waals surface area contributed by atoms with Gasteiger partial charge in [-0.3, -0.25) is 14.4 Å². The highest BCUT2D eigenvalue weighted by Crippen LogP contribution is 2.64. The Morgan fingerprint density at radius 1 is 0.833 bits per heavy atom. The molecule has 4 aliphatic rings. The predicted octanol–water partition coefficient (Wildman–Crippen LogP) is 5.27. The molecule has 0 spiro atoms. The fourth-order valence-corrected chi connectivity index (χ4v) is 10.7. The van der Waals surface area contributed by atoms with E-state index < -0.39 is 130 Å². The van der Waals surface area contributed by atoms with E-state index in [0.717, 1.165) is 6.92 Å². The van der Waals surface area contributed by atoms with Crippen LogP contribution in [0.1, 0.15) is 101 Å². The monoisotopic (exact) mass is 911 g/mol. The molecule has 2 bridgehead atoms. The SMILES string of the molecule is CC(=O)O[C@@]12CO[C@@H]1C[C@H](O)[C@@]1(C)C(=O)C(=O)C3C(C)[C@@H](OC(=O)[C@H](OC(=O)c4ccccc4)[C@@H](NC(=O)OC(C)(C)C)c4ccccc4)C[C@@](O)([C@@H](OC(=O)c4ccccc4)C12)C3(C)C. The number of hydrogen-bond acceptors (Lipinski definition) is 15. The van der Waals surface area contributed by atoms with Crippen LogP contribution in [0, 0.1) is 28.6 Å². The maximum absolute atomic E-state index is 15.1. The number of carbonyl (C=O) groups is 7. The number of carbonyl (C=O) groups excluding carboxylic acids is 7. The van der Waals surface area contributed by atoms with Crippen molar-refractivity contribution >= 4 is 41.5 Å². The highest BCUT2D eigenvalue weighted by molar-refractivity contribution is 6.40. The third-order valence-electron chi connectivity index (χ3n) is 14.1. The number of nitrogens with one attached hydrogen (secondary N) is 1. The summed E-state index contributed by atoms with van der Waals surface area (Å²) in [7, 11) is 0. The van der Waals surface area contributed by atoms with Gasteiger partial charge in [-0.05, 0) is 57.5 Å². The molecule has 7 rings (SSSR count). The van der Waals surface area contributed by atoms with Gasteiger partial charge in [-0.1, -0.05) is 87.5 Å². The molecule has 1 saturated heterocycles. The van der Waals surface area contributed by atoms with Crippen molar-refractivity contribution in [2.24, 2.45) is 28.6 Å². The quantitative estimate of drug-likeness (QED) is 0.134. The molecule has 0 radical (unpaired) electrons. The maximum Gasteiger partial charge on any atom is 0.408 e. The van der Waals surface area contributed by atoms with Crippen LogP contribution >= 0.6 is 0 Å². The Hall–Kier alpha value is -5.97. The number of amides is 1. The lowest BCUT2D eigenvalue weighted by molar-refractivity contribution is -0.350. The molecule has 4 fully saturated rings. The molecule has 1 amide bonds. The van der Waals surface area contributed by atoms with Gasteiger partial charge in [0.15, 0.2) is 5.60 Å². The van der Waals surface area contributed by atoms with E-state index in [2.05, 4.69) is 5.32 Å². The maximum atomic E-state index is 15.1. The van der Waals surface area contributed by atoms with Crippen LogP contribution in [0.5, 0.6) is 0 Å². The number of aliphatic hydroxyl groups is 2. The number of ketones is 2. The highest BCUT2D eigenvalue weighted by atomic mass is 16.6. The lowest BCUT2D eigenvalue weighted by Crippen LogP contribution is -2.82. The third kappa shape index (κ3) is 8.39. The van der Waals surface area contributed by atoms with E-state index in [0.29, 0.717) is 5.56 Å². The molecule has 66 heavy (non-hydrogen) atoms.